The van der Waals surface area contributed by atoms with E-state index >= 15 is 0 Å². The first-order chi connectivity index (χ1) is 11.8. The number of methoxy groups -OCH3 is 1. The molecule has 0 N–H and O–H groups in total. The van der Waals surface area contributed by atoms with Crippen molar-refractivity contribution in [1.82, 2.24) is 4.98 Å². The summed E-state index contributed by atoms with van der Waals surface area (Å²) in [7, 11) is 1.56. The highest BCUT2D eigenvalue weighted by molar-refractivity contribution is 5.98. The summed E-state index contributed by atoms with van der Waals surface area (Å²) >= 11 is 0. The lowest BCUT2D eigenvalue weighted by Gasteiger charge is -2.18. The number of ether oxygens (including phenoxy) is 1. The van der Waals surface area contributed by atoms with E-state index in [1.165, 1.54) is 6.07 Å². The number of alkyl halides is 3. The Hall–Kier alpha value is -2.56. The van der Waals surface area contributed by atoms with Crippen molar-refractivity contribution in [1.29, 1.82) is 0 Å². The highest BCUT2D eigenvalue weighted by Gasteiger charge is 2.33. The monoisotopic (exact) mass is 345 g/mol. The Morgan fingerprint density at radius 3 is 2.40 bits per heavy atom. The molecular formula is C20H18F3NO. The summed E-state index contributed by atoms with van der Waals surface area (Å²) in [5.41, 5.74) is 1.74. The molecular weight excluding hydrogens is 327 g/mol. The SMILES string of the molecule is COc1cccc(-c2c(C(C)C)cnc3c(C(F)(F)F)cccc23)c1. The number of hydrogen-bond acceptors (Lipinski definition) is 2. The Morgan fingerprint density at radius 1 is 1.04 bits per heavy atom. The van der Waals surface area contributed by atoms with Crippen LogP contribution in [0.1, 0.15) is 30.9 Å². The van der Waals surface area contributed by atoms with Crippen molar-refractivity contribution in [3.8, 4) is 16.9 Å². The molecule has 0 amide bonds. The fraction of sp³-hybridized carbons (Fsp3) is 0.250. The van der Waals surface area contributed by atoms with Gasteiger partial charge in [0.25, 0.3) is 0 Å². The lowest BCUT2D eigenvalue weighted by Crippen LogP contribution is -2.07. The maximum atomic E-state index is 13.4. The summed E-state index contributed by atoms with van der Waals surface area (Å²) in [4.78, 5) is 4.15. The van der Waals surface area contributed by atoms with E-state index in [0.717, 1.165) is 22.8 Å². The number of pyridine rings is 1. The lowest BCUT2D eigenvalue weighted by molar-refractivity contribution is -0.136. The third kappa shape index (κ3) is 3.18. The van der Waals surface area contributed by atoms with Crippen LogP contribution in [-0.2, 0) is 6.18 Å². The Morgan fingerprint density at radius 2 is 1.76 bits per heavy atom. The molecule has 0 unspecified atom stereocenters. The van der Waals surface area contributed by atoms with E-state index in [-0.39, 0.29) is 11.4 Å². The average molecular weight is 345 g/mol. The molecule has 0 bridgehead atoms. The van der Waals surface area contributed by atoms with Crippen molar-refractivity contribution in [3.63, 3.8) is 0 Å². The molecule has 0 aliphatic carbocycles. The summed E-state index contributed by atoms with van der Waals surface area (Å²) in [5, 5.41) is 0.495. The highest BCUT2D eigenvalue weighted by Crippen LogP contribution is 2.40. The molecule has 2 aromatic carbocycles. The molecule has 0 spiro atoms. The molecule has 25 heavy (non-hydrogen) atoms. The lowest BCUT2D eigenvalue weighted by atomic mass is 9.90. The van der Waals surface area contributed by atoms with E-state index in [1.807, 2.05) is 38.1 Å². The minimum absolute atomic E-state index is 0.0304. The third-order valence-electron chi connectivity index (χ3n) is 4.21. The maximum Gasteiger partial charge on any atom is 0.418 e. The van der Waals surface area contributed by atoms with Crippen molar-refractivity contribution in [2.45, 2.75) is 25.9 Å². The van der Waals surface area contributed by atoms with E-state index in [9.17, 15) is 13.2 Å². The van der Waals surface area contributed by atoms with Gasteiger partial charge >= 0.3 is 6.18 Å². The van der Waals surface area contributed by atoms with Crippen LogP contribution in [0.2, 0.25) is 0 Å². The predicted molar refractivity (Wildman–Crippen MR) is 92.8 cm³/mol. The van der Waals surface area contributed by atoms with Crippen LogP contribution in [0, 0.1) is 0 Å². The van der Waals surface area contributed by atoms with Crippen molar-refractivity contribution >= 4 is 10.9 Å². The Labute approximate surface area is 144 Å². The second kappa shape index (κ2) is 6.39. The number of nitrogens with zero attached hydrogens (tertiary/aromatic N) is 1. The van der Waals surface area contributed by atoms with Crippen molar-refractivity contribution < 1.29 is 17.9 Å². The van der Waals surface area contributed by atoms with E-state index < -0.39 is 11.7 Å². The molecule has 5 heteroatoms. The number of rotatable bonds is 3. The normalized spacial score (nSPS) is 12.0. The molecule has 3 rings (SSSR count). The summed E-state index contributed by atoms with van der Waals surface area (Å²) in [6.45, 7) is 4.00. The Bertz CT molecular complexity index is 916. The molecule has 0 aliphatic heterocycles. The van der Waals surface area contributed by atoms with E-state index in [2.05, 4.69) is 4.98 Å². The van der Waals surface area contributed by atoms with Gasteiger partial charge in [-0.25, -0.2) is 0 Å². The van der Waals surface area contributed by atoms with Gasteiger partial charge in [0, 0.05) is 11.6 Å². The fourth-order valence-electron chi connectivity index (χ4n) is 3.01. The van der Waals surface area contributed by atoms with E-state index in [1.54, 1.807) is 19.4 Å². The molecule has 0 saturated heterocycles. The van der Waals surface area contributed by atoms with Gasteiger partial charge in [-0.05, 0) is 40.8 Å². The van der Waals surface area contributed by atoms with Gasteiger partial charge in [0.2, 0.25) is 0 Å². The van der Waals surface area contributed by atoms with Crippen LogP contribution >= 0.6 is 0 Å². The van der Waals surface area contributed by atoms with Crippen LogP contribution in [0.4, 0.5) is 13.2 Å². The Balaban J connectivity index is 2.40. The molecule has 0 aliphatic rings. The molecule has 130 valence electrons. The van der Waals surface area contributed by atoms with Gasteiger partial charge in [0.1, 0.15) is 5.75 Å². The van der Waals surface area contributed by atoms with Crippen molar-refractivity contribution in [3.05, 3.63) is 59.8 Å². The third-order valence-corrected chi connectivity index (χ3v) is 4.21. The number of para-hydroxylation sites is 1. The second-order valence-electron chi connectivity index (χ2n) is 6.17. The van der Waals surface area contributed by atoms with Gasteiger partial charge in [-0.2, -0.15) is 13.2 Å². The first kappa shape index (κ1) is 17.3. The van der Waals surface area contributed by atoms with E-state index in [0.29, 0.717) is 11.1 Å². The molecule has 0 saturated carbocycles. The van der Waals surface area contributed by atoms with Crippen LogP contribution in [0.3, 0.4) is 0 Å². The first-order valence-corrected chi connectivity index (χ1v) is 7.96. The number of aromatic nitrogens is 1. The molecule has 3 aromatic rings. The minimum atomic E-state index is -4.45. The van der Waals surface area contributed by atoms with Crippen LogP contribution in [-0.4, -0.2) is 12.1 Å². The number of benzene rings is 2. The van der Waals surface area contributed by atoms with Gasteiger partial charge in [-0.1, -0.05) is 38.1 Å². The van der Waals surface area contributed by atoms with Crippen LogP contribution < -0.4 is 4.74 Å². The topological polar surface area (TPSA) is 22.1 Å². The predicted octanol–water partition coefficient (Wildman–Crippen LogP) is 6.05. The molecule has 0 atom stereocenters. The zero-order valence-electron chi connectivity index (χ0n) is 14.2. The summed E-state index contributed by atoms with van der Waals surface area (Å²) in [6.07, 6.45) is -2.89. The second-order valence-corrected chi connectivity index (χ2v) is 6.17. The zero-order chi connectivity index (χ0) is 18.2. The van der Waals surface area contributed by atoms with Crippen molar-refractivity contribution in [2.24, 2.45) is 0 Å². The number of fused-ring (bicyclic) bond motifs is 1. The largest absolute Gasteiger partial charge is 0.497 e. The fourth-order valence-corrected chi connectivity index (χ4v) is 3.01. The van der Waals surface area contributed by atoms with Gasteiger partial charge in [0.05, 0.1) is 18.2 Å². The van der Waals surface area contributed by atoms with Crippen molar-refractivity contribution in [2.75, 3.05) is 7.11 Å². The molecule has 0 fully saturated rings. The summed E-state index contributed by atoms with van der Waals surface area (Å²) in [6, 6.07) is 11.5. The van der Waals surface area contributed by atoms with Crippen LogP contribution in [0.15, 0.2) is 48.7 Å². The van der Waals surface area contributed by atoms with Gasteiger partial charge < -0.3 is 4.74 Å². The maximum absolute atomic E-state index is 13.4. The van der Waals surface area contributed by atoms with Crippen LogP contribution in [0.25, 0.3) is 22.0 Å². The molecule has 1 aromatic heterocycles. The summed E-state index contributed by atoms with van der Waals surface area (Å²) < 4.78 is 45.4. The van der Waals surface area contributed by atoms with Gasteiger partial charge in [0.15, 0.2) is 0 Å². The van der Waals surface area contributed by atoms with E-state index in [4.69, 9.17) is 4.74 Å². The van der Waals surface area contributed by atoms with Crippen LogP contribution in [0.5, 0.6) is 5.75 Å². The van der Waals surface area contributed by atoms with Gasteiger partial charge in [-0.15, -0.1) is 0 Å². The molecule has 1 heterocycles. The highest BCUT2D eigenvalue weighted by atomic mass is 19.4. The Kier molecular flexibility index (Phi) is 4.41. The van der Waals surface area contributed by atoms with Gasteiger partial charge in [-0.3, -0.25) is 4.98 Å². The number of hydrogen-bond donors (Lipinski definition) is 0. The summed E-state index contributed by atoms with van der Waals surface area (Å²) in [5.74, 6) is 0.775. The number of halogens is 3. The molecule has 0 radical (unpaired) electrons. The first-order valence-electron chi connectivity index (χ1n) is 7.96. The zero-order valence-corrected chi connectivity index (χ0v) is 14.2. The quantitative estimate of drug-likeness (QED) is 0.576. The minimum Gasteiger partial charge on any atom is -0.497 e. The smallest absolute Gasteiger partial charge is 0.418 e. The molecule has 2 nitrogen and oxygen atoms in total. The average Bonchev–Trinajstić information content (AvgIpc) is 2.59. The standard InChI is InChI=1S/C20H18F3NO/c1-12(2)16-11-24-19-15(8-5-9-17(19)20(21,22)23)18(16)13-6-4-7-14(10-13)25-3/h4-12H,1-3H3.